The molecule has 2 heterocycles. The summed E-state index contributed by atoms with van der Waals surface area (Å²) in [7, 11) is 0. The maximum atomic E-state index is 9.21. The Morgan fingerprint density at radius 2 is 0.969 bits per heavy atom. The van der Waals surface area contributed by atoms with Crippen molar-refractivity contribution in [3.63, 3.8) is 0 Å². The van der Waals surface area contributed by atoms with E-state index in [-0.39, 0.29) is 13.2 Å². The Hall–Kier alpha value is -4.02. The molecule has 4 rings (SSSR count). The quantitative estimate of drug-likeness (QED) is 0.222. The Kier molecular flexibility index (Phi) is 6.85. The van der Waals surface area contributed by atoms with Crippen molar-refractivity contribution >= 4 is 45.9 Å². The molecule has 164 valence electrons. The van der Waals surface area contributed by atoms with Gasteiger partial charge in [-0.25, -0.2) is 9.97 Å². The van der Waals surface area contributed by atoms with Gasteiger partial charge in [-0.05, 0) is 24.3 Å². The smallest absolute Gasteiger partial charge is 0.225 e. The maximum absolute atomic E-state index is 9.21. The Labute approximate surface area is 184 Å². The SMILES string of the molecule is OCCNc1nc(Nc2ccccc2)c2nc(NCCO)nc(Nc3ccccc3)c2n1. The first kappa shape index (κ1) is 21.2. The van der Waals surface area contributed by atoms with Crippen LogP contribution in [0.1, 0.15) is 0 Å². The van der Waals surface area contributed by atoms with E-state index in [4.69, 9.17) is 0 Å². The van der Waals surface area contributed by atoms with Crippen molar-refractivity contribution in [2.24, 2.45) is 0 Å². The number of fused-ring (bicyclic) bond motifs is 1. The van der Waals surface area contributed by atoms with Gasteiger partial charge in [0.15, 0.2) is 11.6 Å². The van der Waals surface area contributed by atoms with Gasteiger partial charge in [0.25, 0.3) is 0 Å². The molecule has 0 aliphatic rings. The molecule has 10 heteroatoms. The van der Waals surface area contributed by atoms with Crippen LogP contribution < -0.4 is 21.3 Å². The number of benzene rings is 2. The summed E-state index contributed by atoms with van der Waals surface area (Å²) in [6.07, 6.45) is 0. The van der Waals surface area contributed by atoms with Crippen molar-refractivity contribution in [2.45, 2.75) is 0 Å². The fourth-order valence-electron chi connectivity index (χ4n) is 3.00. The molecule has 0 saturated carbocycles. The van der Waals surface area contributed by atoms with Crippen LogP contribution in [-0.2, 0) is 0 Å². The fourth-order valence-corrected chi connectivity index (χ4v) is 3.00. The third-order valence-corrected chi connectivity index (χ3v) is 4.41. The molecule has 6 N–H and O–H groups in total. The van der Waals surface area contributed by atoms with E-state index in [2.05, 4.69) is 41.2 Å². The van der Waals surface area contributed by atoms with Crippen LogP contribution >= 0.6 is 0 Å². The minimum absolute atomic E-state index is 0.0571. The number of rotatable bonds is 10. The number of aliphatic hydroxyl groups is 2. The standard InChI is InChI=1S/C22H24N8O2/c31-13-11-23-21-28-18-17(19(29-21)25-15-7-3-1-4-8-15)27-22(24-12-14-32)30-20(18)26-16-9-5-2-6-10-16/h1-10,31-32H,11-14H2,(H2,23,25,28,29)(H2,24,26,27,30). The van der Waals surface area contributed by atoms with Gasteiger partial charge in [-0.1, -0.05) is 36.4 Å². The first-order valence-corrected chi connectivity index (χ1v) is 10.2. The highest BCUT2D eigenvalue weighted by Gasteiger charge is 2.17. The van der Waals surface area contributed by atoms with Gasteiger partial charge in [0, 0.05) is 24.5 Å². The average Bonchev–Trinajstić information content (AvgIpc) is 2.83. The molecular weight excluding hydrogens is 408 g/mol. The lowest BCUT2D eigenvalue weighted by molar-refractivity contribution is 0.310. The van der Waals surface area contributed by atoms with Gasteiger partial charge in [-0.15, -0.1) is 0 Å². The van der Waals surface area contributed by atoms with Crippen molar-refractivity contribution in [3.8, 4) is 0 Å². The lowest BCUT2D eigenvalue weighted by Crippen LogP contribution is -2.13. The summed E-state index contributed by atoms with van der Waals surface area (Å²) in [6.45, 7) is 0.487. The number of aromatic nitrogens is 4. The Bertz CT molecular complexity index is 1070. The lowest BCUT2D eigenvalue weighted by Gasteiger charge is -2.15. The third kappa shape index (κ3) is 5.17. The van der Waals surface area contributed by atoms with Crippen molar-refractivity contribution in [1.82, 2.24) is 19.9 Å². The van der Waals surface area contributed by atoms with Gasteiger partial charge in [0.05, 0.1) is 13.2 Å². The predicted molar refractivity (Wildman–Crippen MR) is 126 cm³/mol. The second-order valence-electron chi connectivity index (χ2n) is 6.77. The number of para-hydroxylation sites is 2. The van der Waals surface area contributed by atoms with Gasteiger partial charge in [0.2, 0.25) is 11.9 Å². The average molecular weight is 432 g/mol. The van der Waals surface area contributed by atoms with E-state index >= 15 is 0 Å². The molecule has 0 amide bonds. The molecule has 0 bridgehead atoms. The zero-order valence-electron chi connectivity index (χ0n) is 17.3. The van der Waals surface area contributed by atoms with Crippen molar-refractivity contribution in [3.05, 3.63) is 60.7 Å². The van der Waals surface area contributed by atoms with E-state index in [0.717, 1.165) is 11.4 Å². The van der Waals surface area contributed by atoms with Gasteiger partial charge >= 0.3 is 0 Å². The summed E-state index contributed by atoms with van der Waals surface area (Å²) in [5.74, 6) is 1.63. The fraction of sp³-hybridized carbons (Fsp3) is 0.182. The molecular formula is C22H24N8O2. The molecule has 0 unspecified atom stereocenters. The van der Waals surface area contributed by atoms with E-state index < -0.39 is 0 Å². The number of hydrogen-bond donors (Lipinski definition) is 6. The second-order valence-corrected chi connectivity index (χ2v) is 6.77. The van der Waals surface area contributed by atoms with Crippen LogP contribution in [0.3, 0.4) is 0 Å². The second kappa shape index (κ2) is 10.3. The summed E-state index contributed by atoms with van der Waals surface area (Å²) < 4.78 is 0. The third-order valence-electron chi connectivity index (χ3n) is 4.41. The Balaban J connectivity index is 1.85. The monoisotopic (exact) mass is 432 g/mol. The first-order valence-electron chi connectivity index (χ1n) is 10.2. The molecule has 2 aromatic carbocycles. The van der Waals surface area contributed by atoms with Crippen LogP contribution in [0.2, 0.25) is 0 Å². The molecule has 0 saturated heterocycles. The molecule has 4 aromatic rings. The topological polar surface area (TPSA) is 140 Å². The number of anilines is 6. The molecule has 2 aromatic heterocycles. The van der Waals surface area contributed by atoms with Crippen LogP contribution in [0.25, 0.3) is 11.0 Å². The maximum Gasteiger partial charge on any atom is 0.225 e. The summed E-state index contributed by atoms with van der Waals surface area (Å²) in [5, 5.41) is 31.0. The zero-order chi connectivity index (χ0) is 22.2. The number of aliphatic hydroxyl groups excluding tert-OH is 2. The Morgan fingerprint density at radius 1 is 0.562 bits per heavy atom. The largest absolute Gasteiger partial charge is 0.395 e. The van der Waals surface area contributed by atoms with Crippen LogP contribution in [0.15, 0.2) is 60.7 Å². The summed E-state index contributed by atoms with van der Waals surface area (Å²) in [5.41, 5.74) is 2.66. The molecule has 32 heavy (non-hydrogen) atoms. The molecule has 0 atom stereocenters. The summed E-state index contributed by atoms with van der Waals surface area (Å²) in [6, 6.07) is 19.2. The van der Waals surface area contributed by atoms with E-state index in [1.165, 1.54) is 0 Å². The summed E-state index contributed by atoms with van der Waals surface area (Å²) in [4.78, 5) is 18.3. The van der Waals surface area contributed by atoms with Crippen molar-refractivity contribution < 1.29 is 10.2 Å². The molecule has 0 radical (unpaired) electrons. The molecule has 0 fully saturated rings. The van der Waals surface area contributed by atoms with Gasteiger partial charge < -0.3 is 31.5 Å². The molecule has 0 aliphatic carbocycles. The highest BCUT2D eigenvalue weighted by Crippen LogP contribution is 2.30. The number of hydrogen-bond acceptors (Lipinski definition) is 10. The predicted octanol–water partition coefficient (Wildman–Crippen LogP) is 2.72. The van der Waals surface area contributed by atoms with Crippen LogP contribution in [0, 0.1) is 0 Å². The van der Waals surface area contributed by atoms with Crippen molar-refractivity contribution in [1.29, 1.82) is 0 Å². The molecule has 10 nitrogen and oxygen atoms in total. The minimum atomic E-state index is -0.0571. The van der Waals surface area contributed by atoms with Gasteiger partial charge in [0.1, 0.15) is 11.0 Å². The Morgan fingerprint density at radius 3 is 1.34 bits per heavy atom. The van der Waals surface area contributed by atoms with E-state index in [1.54, 1.807) is 0 Å². The van der Waals surface area contributed by atoms with Crippen LogP contribution in [-0.4, -0.2) is 56.5 Å². The van der Waals surface area contributed by atoms with E-state index in [1.807, 2.05) is 60.7 Å². The van der Waals surface area contributed by atoms with E-state index in [9.17, 15) is 10.2 Å². The first-order chi connectivity index (χ1) is 15.8. The number of nitrogens with zero attached hydrogens (tertiary/aromatic N) is 4. The van der Waals surface area contributed by atoms with Crippen LogP contribution in [0.5, 0.6) is 0 Å². The highest BCUT2D eigenvalue weighted by atomic mass is 16.3. The molecule has 0 spiro atoms. The van der Waals surface area contributed by atoms with E-state index in [0.29, 0.717) is 47.7 Å². The minimum Gasteiger partial charge on any atom is -0.395 e. The summed E-state index contributed by atoms with van der Waals surface area (Å²) >= 11 is 0. The number of nitrogens with one attached hydrogen (secondary N) is 4. The lowest BCUT2D eigenvalue weighted by atomic mass is 10.3. The van der Waals surface area contributed by atoms with Gasteiger partial charge in [-0.2, -0.15) is 9.97 Å². The van der Waals surface area contributed by atoms with Crippen molar-refractivity contribution in [2.75, 3.05) is 47.6 Å². The van der Waals surface area contributed by atoms with Crippen LogP contribution in [0.4, 0.5) is 34.9 Å². The van der Waals surface area contributed by atoms with Gasteiger partial charge in [-0.3, -0.25) is 0 Å². The molecule has 0 aliphatic heterocycles. The highest BCUT2D eigenvalue weighted by molar-refractivity contribution is 5.96. The zero-order valence-corrected chi connectivity index (χ0v) is 17.3. The normalized spacial score (nSPS) is 10.7.